The van der Waals surface area contributed by atoms with Crippen molar-refractivity contribution in [2.75, 3.05) is 5.75 Å². The van der Waals surface area contributed by atoms with E-state index in [4.69, 9.17) is 0 Å². The molecule has 2 aromatic rings. The maximum atomic E-state index is 11.7. The molecule has 5 heteroatoms. The van der Waals surface area contributed by atoms with Crippen LogP contribution in [0, 0.1) is 0 Å². The molecular weight excluding hydrogens is 272 g/mol. The van der Waals surface area contributed by atoms with Gasteiger partial charge in [-0.2, -0.15) is 5.10 Å². The number of hydrogen-bond acceptors (Lipinski definition) is 3. The van der Waals surface area contributed by atoms with Gasteiger partial charge >= 0.3 is 0 Å². The number of benzene rings is 1. The second-order valence-electron chi connectivity index (χ2n) is 4.05. The molecule has 0 amide bonds. The molecule has 1 heterocycles. The molecule has 0 radical (unpaired) electrons. The summed E-state index contributed by atoms with van der Waals surface area (Å²) in [4.78, 5) is 11.7. The maximum absolute atomic E-state index is 11.7. The third-order valence-electron chi connectivity index (χ3n) is 2.56. The van der Waals surface area contributed by atoms with Crippen LogP contribution >= 0.6 is 0 Å². The van der Waals surface area contributed by atoms with Crippen LogP contribution in [0.1, 0.15) is 11.3 Å². The summed E-state index contributed by atoms with van der Waals surface area (Å²) < 4.78 is 11.7. The SMILES string of the molecule is C=CCS(=O)c1ccc(/C=C/c2ccc(=O)[nH]n2)cc1. The van der Waals surface area contributed by atoms with Crippen molar-refractivity contribution in [1.82, 2.24) is 10.2 Å². The zero-order valence-electron chi connectivity index (χ0n) is 10.8. The highest BCUT2D eigenvalue weighted by molar-refractivity contribution is 7.85. The number of H-pyrrole nitrogens is 1. The van der Waals surface area contributed by atoms with Gasteiger partial charge in [0.2, 0.25) is 0 Å². The fourth-order valence-electron chi connectivity index (χ4n) is 1.56. The largest absolute Gasteiger partial charge is 0.268 e. The fraction of sp³-hybridized carbons (Fsp3) is 0.0667. The van der Waals surface area contributed by atoms with Crippen molar-refractivity contribution in [3.05, 3.63) is 70.7 Å². The average molecular weight is 286 g/mol. The van der Waals surface area contributed by atoms with Crippen LogP contribution in [0.2, 0.25) is 0 Å². The van der Waals surface area contributed by atoms with E-state index in [1.807, 2.05) is 30.3 Å². The van der Waals surface area contributed by atoms with Gasteiger partial charge in [0.15, 0.2) is 0 Å². The minimum absolute atomic E-state index is 0.226. The van der Waals surface area contributed by atoms with Crippen LogP contribution in [0.25, 0.3) is 12.2 Å². The lowest BCUT2D eigenvalue weighted by molar-refractivity contribution is 0.685. The molecule has 0 spiro atoms. The molecule has 102 valence electrons. The molecule has 2 rings (SSSR count). The lowest BCUT2D eigenvalue weighted by Crippen LogP contribution is -2.05. The molecule has 20 heavy (non-hydrogen) atoms. The molecule has 0 fully saturated rings. The molecule has 1 unspecified atom stereocenters. The van der Waals surface area contributed by atoms with Crippen molar-refractivity contribution in [3.8, 4) is 0 Å². The summed E-state index contributed by atoms with van der Waals surface area (Å²) in [5.74, 6) is 0.455. The molecule has 0 bridgehead atoms. The van der Waals surface area contributed by atoms with E-state index in [0.29, 0.717) is 11.4 Å². The smallest absolute Gasteiger partial charge is 0.264 e. The van der Waals surface area contributed by atoms with Gasteiger partial charge in [-0.05, 0) is 29.8 Å². The van der Waals surface area contributed by atoms with Crippen molar-refractivity contribution in [2.24, 2.45) is 0 Å². The Bertz CT molecular complexity index is 682. The quantitative estimate of drug-likeness (QED) is 0.857. The Balaban J connectivity index is 2.10. The minimum Gasteiger partial charge on any atom is -0.268 e. The molecular formula is C15H14N2O2S. The average Bonchev–Trinajstić information content (AvgIpc) is 2.47. The molecule has 0 aliphatic carbocycles. The number of hydrogen-bond donors (Lipinski definition) is 1. The summed E-state index contributed by atoms with van der Waals surface area (Å²) >= 11 is 0. The van der Waals surface area contributed by atoms with Gasteiger partial charge in [-0.1, -0.05) is 24.3 Å². The Morgan fingerprint density at radius 1 is 1.15 bits per heavy atom. The molecule has 1 aromatic heterocycles. The monoisotopic (exact) mass is 286 g/mol. The van der Waals surface area contributed by atoms with Crippen molar-refractivity contribution in [1.29, 1.82) is 0 Å². The Labute approximate surface area is 119 Å². The lowest BCUT2D eigenvalue weighted by atomic mass is 10.2. The first-order valence-corrected chi connectivity index (χ1v) is 7.34. The molecule has 4 nitrogen and oxygen atoms in total. The lowest BCUT2D eigenvalue weighted by Gasteiger charge is -1.99. The summed E-state index contributed by atoms with van der Waals surface area (Å²) in [7, 11) is -1.03. The third kappa shape index (κ3) is 3.86. The normalized spacial score (nSPS) is 12.4. The van der Waals surface area contributed by atoms with E-state index in [1.165, 1.54) is 6.07 Å². The second-order valence-corrected chi connectivity index (χ2v) is 5.55. The minimum atomic E-state index is -1.03. The molecule has 0 saturated heterocycles. The van der Waals surface area contributed by atoms with E-state index >= 15 is 0 Å². The van der Waals surface area contributed by atoms with Crippen LogP contribution in [0.4, 0.5) is 0 Å². The number of aromatic amines is 1. The van der Waals surface area contributed by atoms with Crippen LogP contribution < -0.4 is 5.56 Å². The highest BCUT2D eigenvalue weighted by atomic mass is 32.2. The van der Waals surface area contributed by atoms with Crippen molar-refractivity contribution in [2.45, 2.75) is 4.90 Å². The molecule has 0 aliphatic heterocycles. The number of rotatable bonds is 5. The van der Waals surface area contributed by atoms with Gasteiger partial charge in [-0.25, -0.2) is 5.10 Å². The number of nitrogens with zero attached hydrogens (tertiary/aromatic N) is 1. The van der Waals surface area contributed by atoms with Crippen LogP contribution in [-0.4, -0.2) is 20.2 Å². The van der Waals surface area contributed by atoms with Crippen LogP contribution in [0.5, 0.6) is 0 Å². The van der Waals surface area contributed by atoms with Gasteiger partial charge in [-0.3, -0.25) is 9.00 Å². The van der Waals surface area contributed by atoms with E-state index in [9.17, 15) is 9.00 Å². The molecule has 1 aromatic carbocycles. The van der Waals surface area contributed by atoms with Gasteiger partial charge in [0.25, 0.3) is 5.56 Å². The third-order valence-corrected chi connectivity index (χ3v) is 3.90. The summed E-state index contributed by atoms with van der Waals surface area (Å²) in [5, 5.41) is 6.25. The highest BCUT2D eigenvalue weighted by Crippen LogP contribution is 2.11. The molecule has 0 aliphatic rings. The maximum Gasteiger partial charge on any atom is 0.264 e. The Morgan fingerprint density at radius 3 is 2.50 bits per heavy atom. The molecule has 1 N–H and O–H groups in total. The Hall–Kier alpha value is -2.27. The van der Waals surface area contributed by atoms with E-state index in [-0.39, 0.29) is 5.56 Å². The first-order chi connectivity index (χ1) is 9.69. The van der Waals surface area contributed by atoms with Crippen LogP contribution in [-0.2, 0) is 10.8 Å². The van der Waals surface area contributed by atoms with Crippen LogP contribution in [0.3, 0.4) is 0 Å². The number of aromatic nitrogens is 2. The van der Waals surface area contributed by atoms with Gasteiger partial charge in [-0.15, -0.1) is 6.58 Å². The molecule has 0 saturated carbocycles. The molecule has 1 atom stereocenters. The van der Waals surface area contributed by atoms with Gasteiger partial charge in [0.1, 0.15) is 0 Å². The van der Waals surface area contributed by atoms with Crippen molar-refractivity contribution in [3.63, 3.8) is 0 Å². The Kier molecular flexibility index (Phi) is 4.79. The number of nitrogens with one attached hydrogen (secondary N) is 1. The zero-order chi connectivity index (χ0) is 14.4. The summed E-state index contributed by atoms with van der Waals surface area (Å²) in [6, 6.07) is 10.5. The van der Waals surface area contributed by atoms with E-state index in [1.54, 1.807) is 18.2 Å². The van der Waals surface area contributed by atoms with Gasteiger partial charge < -0.3 is 0 Å². The first kappa shape index (κ1) is 14.1. The van der Waals surface area contributed by atoms with Gasteiger partial charge in [0, 0.05) is 16.7 Å². The van der Waals surface area contributed by atoms with Crippen molar-refractivity contribution < 1.29 is 4.21 Å². The standard InChI is InChI=1S/C15H14N2O2S/c1-2-11-20(19)14-8-4-12(5-9-14)3-6-13-7-10-15(18)17-16-13/h2-10H,1,11H2,(H,17,18)/b6-3+. The Morgan fingerprint density at radius 2 is 1.90 bits per heavy atom. The summed E-state index contributed by atoms with van der Waals surface area (Å²) in [5.41, 5.74) is 1.41. The summed E-state index contributed by atoms with van der Waals surface area (Å²) in [6.07, 6.45) is 5.32. The highest BCUT2D eigenvalue weighted by Gasteiger charge is 2.00. The van der Waals surface area contributed by atoms with E-state index in [0.717, 1.165) is 10.5 Å². The first-order valence-electron chi connectivity index (χ1n) is 6.02. The van der Waals surface area contributed by atoms with Crippen LogP contribution in [0.15, 0.2) is 58.7 Å². The predicted molar refractivity (Wildman–Crippen MR) is 81.7 cm³/mol. The topological polar surface area (TPSA) is 62.8 Å². The van der Waals surface area contributed by atoms with Gasteiger partial charge in [0.05, 0.1) is 16.5 Å². The second kappa shape index (κ2) is 6.77. The van der Waals surface area contributed by atoms with E-state index < -0.39 is 10.8 Å². The summed E-state index contributed by atoms with van der Waals surface area (Å²) in [6.45, 7) is 3.58. The zero-order valence-corrected chi connectivity index (χ0v) is 11.6. The predicted octanol–water partition coefficient (Wildman–Crippen LogP) is 2.23. The van der Waals surface area contributed by atoms with Crippen molar-refractivity contribution >= 4 is 23.0 Å². The van der Waals surface area contributed by atoms with E-state index in [2.05, 4.69) is 16.8 Å². The fourth-order valence-corrected chi connectivity index (χ4v) is 2.41.